The first-order chi connectivity index (χ1) is 9.27. The maximum atomic E-state index is 11.8. The Morgan fingerprint density at radius 2 is 2.05 bits per heavy atom. The van der Waals surface area contributed by atoms with Crippen LogP contribution in [0.3, 0.4) is 0 Å². The van der Waals surface area contributed by atoms with E-state index in [1.165, 1.54) is 25.7 Å². The van der Waals surface area contributed by atoms with Gasteiger partial charge in [0.05, 0.1) is 18.3 Å². The van der Waals surface area contributed by atoms with Crippen LogP contribution in [0.25, 0.3) is 0 Å². The molecule has 6 heteroatoms. The lowest BCUT2D eigenvalue weighted by molar-refractivity contribution is 0.0518. The van der Waals surface area contributed by atoms with Gasteiger partial charge >= 0.3 is 5.97 Å². The number of esters is 1. The Kier molecular flexibility index (Phi) is 4.90. The van der Waals surface area contributed by atoms with Crippen LogP contribution in [0.4, 0.5) is 0 Å². The molecule has 106 valence electrons. The molecular formula is C13H22N4O2. The first-order valence-corrected chi connectivity index (χ1v) is 7.09. The summed E-state index contributed by atoms with van der Waals surface area (Å²) in [7, 11) is 0. The molecule has 0 aromatic carbocycles. The molecule has 0 unspecified atom stereocenters. The molecule has 0 aliphatic heterocycles. The summed E-state index contributed by atoms with van der Waals surface area (Å²) in [6, 6.07) is 0.316. The van der Waals surface area contributed by atoms with E-state index in [0.29, 0.717) is 18.3 Å². The minimum atomic E-state index is -0.428. The average molecular weight is 266 g/mol. The quantitative estimate of drug-likeness (QED) is 0.663. The van der Waals surface area contributed by atoms with Crippen molar-refractivity contribution >= 4 is 5.97 Å². The van der Waals surface area contributed by atoms with Crippen molar-refractivity contribution in [2.75, 3.05) is 6.61 Å². The van der Waals surface area contributed by atoms with Crippen LogP contribution in [0.2, 0.25) is 0 Å². The molecule has 2 rings (SSSR count). The van der Waals surface area contributed by atoms with E-state index in [0.717, 1.165) is 12.8 Å². The van der Waals surface area contributed by atoms with Crippen LogP contribution in [0.5, 0.6) is 0 Å². The van der Waals surface area contributed by atoms with Crippen molar-refractivity contribution < 1.29 is 9.53 Å². The zero-order valence-electron chi connectivity index (χ0n) is 11.5. The van der Waals surface area contributed by atoms with E-state index in [1.54, 1.807) is 6.92 Å². The predicted octanol–water partition coefficient (Wildman–Crippen LogP) is 1.81. The largest absolute Gasteiger partial charge is 0.461 e. The van der Waals surface area contributed by atoms with E-state index in [1.807, 2.05) is 4.68 Å². The van der Waals surface area contributed by atoms with Gasteiger partial charge in [0.15, 0.2) is 5.69 Å². The van der Waals surface area contributed by atoms with Gasteiger partial charge in [-0.2, -0.15) is 0 Å². The van der Waals surface area contributed by atoms with Gasteiger partial charge in [-0.15, -0.1) is 5.10 Å². The highest BCUT2D eigenvalue weighted by Crippen LogP contribution is 2.28. The van der Waals surface area contributed by atoms with Gasteiger partial charge in [0.1, 0.15) is 0 Å². The Bertz CT molecular complexity index is 422. The lowest BCUT2D eigenvalue weighted by Crippen LogP contribution is -2.18. The van der Waals surface area contributed by atoms with Crippen molar-refractivity contribution in [2.24, 2.45) is 5.73 Å². The summed E-state index contributed by atoms with van der Waals surface area (Å²) in [6.45, 7) is 2.37. The van der Waals surface area contributed by atoms with Crippen molar-refractivity contribution in [3.63, 3.8) is 0 Å². The minimum Gasteiger partial charge on any atom is -0.461 e. The monoisotopic (exact) mass is 266 g/mol. The van der Waals surface area contributed by atoms with Crippen LogP contribution in [0, 0.1) is 0 Å². The van der Waals surface area contributed by atoms with E-state index in [9.17, 15) is 4.79 Å². The SMILES string of the molecule is CCOC(=O)c1nnn(C2CCCCCC2)c1CN. The van der Waals surface area contributed by atoms with Crippen molar-refractivity contribution in [3.05, 3.63) is 11.4 Å². The van der Waals surface area contributed by atoms with E-state index in [2.05, 4.69) is 10.3 Å². The number of rotatable bonds is 4. The zero-order chi connectivity index (χ0) is 13.7. The summed E-state index contributed by atoms with van der Waals surface area (Å²) in [5.41, 5.74) is 6.74. The molecule has 0 bridgehead atoms. The van der Waals surface area contributed by atoms with E-state index in [-0.39, 0.29) is 12.2 Å². The molecule has 0 saturated heterocycles. The molecule has 0 spiro atoms. The van der Waals surface area contributed by atoms with Crippen LogP contribution in [-0.2, 0) is 11.3 Å². The van der Waals surface area contributed by atoms with E-state index < -0.39 is 5.97 Å². The first-order valence-electron chi connectivity index (χ1n) is 7.09. The smallest absolute Gasteiger partial charge is 0.360 e. The van der Waals surface area contributed by atoms with Gasteiger partial charge in [-0.3, -0.25) is 0 Å². The second kappa shape index (κ2) is 6.65. The summed E-state index contributed by atoms with van der Waals surface area (Å²) in [5, 5.41) is 8.11. The van der Waals surface area contributed by atoms with Gasteiger partial charge in [0.25, 0.3) is 0 Å². The Hall–Kier alpha value is -1.43. The molecule has 1 aromatic heterocycles. The highest BCUT2D eigenvalue weighted by molar-refractivity contribution is 5.88. The van der Waals surface area contributed by atoms with Crippen molar-refractivity contribution in [1.82, 2.24) is 15.0 Å². The molecule has 0 atom stereocenters. The maximum absolute atomic E-state index is 11.8. The average Bonchev–Trinajstić information content (AvgIpc) is 2.66. The number of hydrogen-bond acceptors (Lipinski definition) is 5. The Labute approximate surface area is 113 Å². The van der Waals surface area contributed by atoms with Crippen LogP contribution in [0.1, 0.15) is 67.7 Å². The van der Waals surface area contributed by atoms with Crippen LogP contribution < -0.4 is 5.73 Å². The van der Waals surface area contributed by atoms with Gasteiger partial charge in [-0.05, 0) is 19.8 Å². The van der Waals surface area contributed by atoms with Crippen LogP contribution in [-0.4, -0.2) is 27.6 Å². The second-order valence-corrected chi connectivity index (χ2v) is 4.90. The van der Waals surface area contributed by atoms with E-state index >= 15 is 0 Å². The minimum absolute atomic E-state index is 0.262. The molecule has 19 heavy (non-hydrogen) atoms. The molecular weight excluding hydrogens is 244 g/mol. The summed E-state index contributed by atoms with van der Waals surface area (Å²) in [6.07, 6.45) is 7.10. The Balaban J connectivity index is 2.22. The fraction of sp³-hybridized carbons (Fsp3) is 0.769. The summed E-state index contributed by atoms with van der Waals surface area (Å²) >= 11 is 0. The molecule has 2 N–H and O–H groups in total. The highest BCUT2D eigenvalue weighted by atomic mass is 16.5. The third-order valence-electron chi connectivity index (χ3n) is 3.62. The molecule has 1 fully saturated rings. The topological polar surface area (TPSA) is 83.0 Å². The summed E-state index contributed by atoms with van der Waals surface area (Å²) < 4.78 is 6.83. The van der Waals surface area contributed by atoms with Crippen molar-refractivity contribution in [1.29, 1.82) is 0 Å². The number of nitrogens with zero attached hydrogens (tertiary/aromatic N) is 3. The number of ether oxygens (including phenoxy) is 1. The second-order valence-electron chi connectivity index (χ2n) is 4.90. The van der Waals surface area contributed by atoms with Gasteiger partial charge in [-0.25, -0.2) is 9.48 Å². The lowest BCUT2D eigenvalue weighted by atomic mass is 10.1. The standard InChI is InChI=1S/C13H22N4O2/c1-2-19-13(18)12-11(9-14)17(16-15-12)10-7-5-3-4-6-8-10/h10H,2-9,14H2,1H3. The fourth-order valence-corrected chi connectivity index (χ4v) is 2.66. The number of carbonyl (C=O) groups is 1. The Morgan fingerprint density at radius 1 is 1.37 bits per heavy atom. The molecule has 0 radical (unpaired) electrons. The molecule has 6 nitrogen and oxygen atoms in total. The first kappa shape index (κ1) is 14.0. The molecule has 1 aromatic rings. The molecule has 1 saturated carbocycles. The number of hydrogen-bond donors (Lipinski definition) is 1. The number of carbonyl (C=O) groups excluding carboxylic acids is 1. The van der Waals surface area contributed by atoms with Gasteiger partial charge in [-0.1, -0.05) is 30.9 Å². The molecule has 1 aliphatic rings. The summed E-state index contributed by atoms with van der Waals surface area (Å²) in [4.78, 5) is 11.8. The van der Waals surface area contributed by atoms with Crippen LogP contribution >= 0.6 is 0 Å². The Morgan fingerprint density at radius 3 is 2.63 bits per heavy atom. The molecule has 0 amide bonds. The summed E-state index contributed by atoms with van der Waals surface area (Å²) in [5.74, 6) is -0.428. The van der Waals surface area contributed by atoms with Gasteiger partial charge in [0, 0.05) is 6.54 Å². The maximum Gasteiger partial charge on any atom is 0.360 e. The molecule has 1 aliphatic carbocycles. The van der Waals surface area contributed by atoms with Crippen molar-refractivity contribution in [3.8, 4) is 0 Å². The third-order valence-corrected chi connectivity index (χ3v) is 3.62. The predicted molar refractivity (Wildman–Crippen MR) is 70.6 cm³/mol. The van der Waals surface area contributed by atoms with Crippen LogP contribution in [0.15, 0.2) is 0 Å². The highest BCUT2D eigenvalue weighted by Gasteiger charge is 2.24. The fourth-order valence-electron chi connectivity index (χ4n) is 2.66. The lowest BCUT2D eigenvalue weighted by Gasteiger charge is -2.16. The van der Waals surface area contributed by atoms with Gasteiger partial charge < -0.3 is 10.5 Å². The van der Waals surface area contributed by atoms with Gasteiger partial charge in [0.2, 0.25) is 0 Å². The number of nitrogens with two attached hydrogens (primary N) is 1. The van der Waals surface area contributed by atoms with E-state index in [4.69, 9.17) is 10.5 Å². The normalized spacial score (nSPS) is 17.2. The van der Waals surface area contributed by atoms with Crippen molar-refractivity contribution in [2.45, 2.75) is 58.0 Å². The zero-order valence-corrected chi connectivity index (χ0v) is 11.5. The number of aromatic nitrogens is 3. The third kappa shape index (κ3) is 3.12. The molecule has 1 heterocycles.